The second-order valence-electron chi connectivity index (χ2n) is 6.65. The number of aromatic nitrogens is 1. The van der Waals surface area contributed by atoms with Crippen LogP contribution < -0.4 is 11.5 Å². The average molecular weight is 383 g/mol. The summed E-state index contributed by atoms with van der Waals surface area (Å²) in [5.74, 6) is 0.333. The van der Waals surface area contributed by atoms with Gasteiger partial charge in [-0.1, -0.05) is 13.8 Å². The molecule has 138 valence electrons. The van der Waals surface area contributed by atoms with Crippen LogP contribution in [0.1, 0.15) is 42.1 Å². The van der Waals surface area contributed by atoms with Gasteiger partial charge in [-0.05, 0) is 43.9 Å². The molecule has 6 nitrogen and oxygen atoms in total. The van der Waals surface area contributed by atoms with Crippen LogP contribution >= 0.6 is 11.3 Å². The number of carbonyl (C=O) groups is 1. The monoisotopic (exact) mass is 382 g/mol. The number of nitrogen functional groups attached to an aromatic ring is 1. The topological polar surface area (TPSA) is 111 Å². The zero-order valence-corrected chi connectivity index (χ0v) is 16.6. The van der Waals surface area contributed by atoms with Crippen molar-refractivity contribution in [1.82, 2.24) is 4.98 Å². The van der Waals surface area contributed by atoms with E-state index in [0.29, 0.717) is 35.2 Å². The maximum atomic E-state index is 12.5. The molecule has 2 heterocycles. The van der Waals surface area contributed by atoms with E-state index in [1.165, 1.54) is 17.6 Å². The van der Waals surface area contributed by atoms with E-state index in [2.05, 4.69) is 23.2 Å². The number of fused-ring (bicyclic) bond motifs is 1. The Bertz CT molecular complexity index is 880. The summed E-state index contributed by atoms with van der Waals surface area (Å²) in [7, 11) is -2.58. The molecule has 0 aliphatic heterocycles. The summed E-state index contributed by atoms with van der Waals surface area (Å²) in [6.45, 7) is 4.80. The molecule has 0 saturated carbocycles. The Kier molecular flexibility index (Phi) is 6.53. The number of hydrogen-bond acceptors (Lipinski definition) is 6. The van der Waals surface area contributed by atoms with Gasteiger partial charge in [0, 0.05) is 23.1 Å². The van der Waals surface area contributed by atoms with Crippen molar-refractivity contribution >= 4 is 42.9 Å². The lowest BCUT2D eigenvalue weighted by Gasteiger charge is -2.03. The molecule has 0 aromatic carbocycles. The minimum absolute atomic E-state index is 0.317. The molecule has 2 aromatic rings. The van der Waals surface area contributed by atoms with Crippen molar-refractivity contribution < 1.29 is 9.00 Å². The molecular weight excluding hydrogens is 356 g/mol. The van der Waals surface area contributed by atoms with Crippen molar-refractivity contribution in [3.05, 3.63) is 22.7 Å². The van der Waals surface area contributed by atoms with Crippen LogP contribution in [0.4, 0.5) is 5.69 Å². The quantitative estimate of drug-likeness (QED) is 0.715. The summed E-state index contributed by atoms with van der Waals surface area (Å²) >= 11 is 1.22. The van der Waals surface area contributed by atoms with Crippen LogP contribution in [0.5, 0.6) is 0 Å². The van der Waals surface area contributed by atoms with Crippen LogP contribution in [0.15, 0.2) is 16.5 Å². The first-order valence-corrected chi connectivity index (χ1v) is 11.3. The number of nitrogens with two attached hydrogens (primary N) is 2. The molecule has 1 amide bonds. The Morgan fingerprint density at radius 1 is 1.36 bits per heavy atom. The fraction of sp³-hybridized carbons (Fsp3) is 0.529. The first-order chi connectivity index (χ1) is 11.7. The summed E-state index contributed by atoms with van der Waals surface area (Å²) in [5.41, 5.74) is 12.9. The van der Waals surface area contributed by atoms with Crippen LogP contribution in [0.3, 0.4) is 0 Å². The molecule has 1 unspecified atom stereocenters. The van der Waals surface area contributed by atoms with Crippen LogP contribution in [0, 0.1) is 5.92 Å². The van der Waals surface area contributed by atoms with Gasteiger partial charge in [0.2, 0.25) is 0 Å². The van der Waals surface area contributed by atoms with Gasteiger partial charge in [-0.3, -0.25) is 4.79 Å². The van der Waals surface area contributed by atoms with Gasteiger partial charge in [0.25, 0.3) is 5.91 Å². The van der Waals surface area contributed by atoms with Gasteiger partial charge in [-0.25, -0.2) is 9.19 Å². The average Bonchev–Trinajstić information content (AvgIpc) is 2.83. The van der Waals surface area contributed by atoms with E-state index in [-0.39, 0.29) is 0 Å². The van der Waals surface area contributed by atoms with Gasteiger partial charge in [-0.2, -0.15) is 4.36 Å². The number of hydrogen-bond donors (Lipinski definition) is 2. The molecule has 0 fully saturated rings. The molecule has 0 radical (unpaired) electrons. The summed E-state index contributed by atoms with van der Waals surface area (Å²) in [6.07, 6.45) is 3.82. The third-order valence-corrected chi connectivity index (χ3v) is 6.42. The number of carbonyl (C=O) groups excluding carboxylic acids is 1. The number of anilines is 1. The molecule has 0 bridgehead atoms. The first-order valence-electron chi connectivity index (χ1n) is 8.35. The minimum Gasteiger partial charge on any atom is -0.397 e. The van der Waals surface area contributed by atoms with E-state index < -0.39 is 15.6 Å². The Balaban J connectivity index is 2.32. The molecular formula is C17H26N4O2S2. The Morgan fingerprint density at radius 3 is 2.72 bits per heavy atom. The van der Waals surface area contributed by atoms with Crippen LogP contribution in [-0.2, 0) is 16.1 Å². The van der Waals surface area contributed by atoms with Crippen LogP contribution in [0.2, 0.25) is 0 Å². The fourth-order valence-corrected chi connectivity index (χ4v) is 4.83. The molecule has 2 aromatic heterocycles. The van der Waals surface area contributed by atoms with E-state index in [9.17, 15) is 9.00 Å². The third kappa shape index (κ3) is 5.23. The van der Waals surface area contributed by atoms with E-state index in [4.69, 9.17) is 11.5 Å². The highest BCUT2D eigenvalue weighted by Crippen LogP contribution is 2.33. The lowest BCUT2D eigenvalue weighted by molar-refractivity contribution is 0.101. The van der Waals surface area contributed by atoms with Gasteiger partial charge in [0.15, 0.2) is 0 Å². The molecule has 0 aliphatic carbocycles. The first kappa shape index (κ1) is 19.8. The second-order valence-corrected chi connectivity index (χ2v) is 10.2. The largest absolute Gasteiger partial charge is 0.397 e. The summed E-state index contributed by atoms with van der Waals surface area (Å²) < 4.78 is 16.4. The van der Waals surface area contributed by atoms with E-state index in [0.717, 1.165) is 28.8 Å². The summed E-state index contributed by atoms with van der Waals surface area (Å²) in [6, 6.07) is 3.83. The molecule has 8 heteroatoms. The Hall–Kier alpha value is -1.51. The fourth-order valence-electron chi connectivity index (χ4n) is 2.50. The molecule has 4 N–H and O–H groups in total. The molecule has 0 saturated heterocycles. The highest BCUT2D eigenvalue weighted by molar-refractivity contribution is 7.93. The number of rotatable bonds is 7. The van der Waals surface area contributed by atoms with Gasteiger partial charge in [0.05, 0.1) is 15.4 Å². The molecule has 0 aliphatic rings. The standard InChI is InChI=1S/C17H26N4O2S2/c1-11(2)10-12-6-7-13-14(19)15(24-17(13)20-12)16(22)21-25(3,23)9-5-4-8-18/h6-7,11H,4-5,8-10,18-19H2,1-3H3. The van der Waals surface area contributed by atoms with E-state index in [1.807, 2.05) is 12.1 Å². The predicted molar refractivity (Wildman–Crippen MR) is 107 cm³/mol. The minimum atomic E-state index is -2.58. The number of amides is 1. The zero-order valence-electron chi connectivity index (χ0n) is 14.9. The van der Waals surface area contributed by atoms with Crippen LogP contribution in [0.25, 0.3) is 10.2 Å². The van der Waals surface area contributed by atoms with Gasteiger partial charge >= 0.3 is 0 Å². The number of unbranched alkanes of at least 4 members (excludes halogenated alkanes) is 1. The van der Waals surface area contributed by atoms with Gasteiger partial charge in [0.1, 0.15) is 9.71 Å². The van der Waals surface area contributed by atoms with Crippen molar-refractivity contribution in [2.24, 2.45) is 16.0 Å². The SMILES string of the molecule is CC(C)Cc1ccc2c(N)c(C(=O)N=S(C)(=O)CCCCN)sc2n1. The smallest absolute Gasteiger partial charge is 0.297 e. The highest BCUT2D eigenvalue weighted by atomic mass is 32.2. The van der Waals surface area contributed by atoms with Crippen molar-refractivity contribution in [2.45, 2.75) is 33.1 Å². The second kappa shape index (κ2) is 8.25. The molecule has 2 rings (SSSR count). The van der Waals surface area contributed by atoms with Gasteiger partial charge in [-0.15, -0.1) is 11.3 Å². The summed E-state index contributed by atoms with van der Waals surface area (Å²) in [5, 5.41) is 0.752. The zero-order chi connectivity index (χ0) is 18.6. The van der Waals surface area contributed by atoms with Crippen molar-refractivity contribution in [1.29, 1.82) is 0 Å². The number of nitrogens with zero attached hydrogens (tertiary/aromatic N) is 2. The maximum absolute atomic E-state index is 12.5. The van der Waals surface area contributed by atoms with E-state index >= 15 is 0 Å². The van der Waals surface area contributed by atoms with Crippen molar-refractivity contribution in [3.63, 3.8) is 0 Å². The maximum Gasteiger partial charge on any atom is 0.297 e. The third-order valence-electron chi connectivity index (χ3n) is 3.72. The molecule has 1 atom stereocenters. The Labute approximate surface area is 153 Å². The predicted octanol–water partition coefficient (Wildman–Crippen LogP) is 3.05. The molecule has 0 spiro atoms. The van der Waals surface area contributed by atoms with Crippen molar-refractivity contribution in [2.75, 3.05) is 24.3 Å². The number of thiophene rings is 1. The lowest BCUT2D eigenvalue weighted by atomic mass is 10.1. The van der Waals surface area contributed by atoms with E-state index in [1.54, 1.807) is 0 Å². The van der Waals surface area contributed by atoms with Crippen LogP contribution in [-0.4, -0.2) is 33.7 Å². The normalized spacial score (nSPS) is 14.0. The highest BCUT2D eigenvalue weighted by Gasteiger charge is 2.19. The number of pyridine rings is 1. The van der Waals surface area contributed by atoms with Crippen molar-refractivity contribution in [3.8, 4) is 0 Å². The van der Waals surface area contributed by atoms with Gasteiger partial charge < -0.3 is 11.5 Å². The molecule has 25 heavy (non-hydrogen) atoms. The Morgan fingerprint density at radius 2 is 2.08 bits per heavy atom. The lowest BCUT2D eigenvalue weighted by Crippen LogP contribution is -2.09. The summed E-state index contributed by atoms with van der Waals surface area (Å²) in [4.78, 5) is 18.1.